The normalized spacial score (nSPS) is 14.8. The molecule has 2 heterocycles. The molecule has 0 unspecified atom stereocenters. The van der Waals surface area contributed by atoms with Crippen LogP contribution in [0.15, 0.2) is 55.0 Å². The molecule has 25 heavy (non-hydrogen) atoms. The Morgan fingerprint density at radius 1 is 1.28 bits per heavy atom. The van der Waals surface area contributed by atoms with Gasteiger partial charge in [0.05, 0.1) is 17.3 Å². The summed E-state index contributed by atoms with van der Waals surface area (Å²) in [5, 5.41) is 15.1. The van der Waals surface area contributed by atoms with Gasteiger partial charge in [0.25, 0.3) is 0 Å². The number of aromatic nitrogens is 2. The average Bonchev–Trinajstić information content (AvgIpc) is 3.24. The molecule has 0 N–H and O–H groups in total. The second-order valence-electron chi connectivity index (χ2n) is 6.14. The van der Waals surface area contributed by atoms with Crippen LogP contribution in [-0.2, 0) is 5.41 Å². The van der Waals surface area contributed by atoms with Crippen molar-refractivity contribution in [3.8, 4) is 6.07 Å². The van der Waals surface area contributed by atoms with E-state index in [0.717, 1.165) is 35.1 Å². The first-order valence-electron chi connectivity index (χ1n) is 7.83. The van der Waals surface area contributed by atoms with Gasteiger partial charge in [-0.15, -0.1) is 5.73 Å². The summed E-state index contributed by atoms with van der Waals surface area (Å²) >= 11 is 12.5. The summed E-state index contributed by atoms with van der Waals surface area (Å²) in [7, 11) is 0. The van der Waals surface area contributed by atoms with Crippen molar-refractivity contribution in [2.75, 3.05) is 0 Å². The van der Waals surface area contributed by atoms with Gasteiger partial charge in [-0.3, -0.25) is 0 Å². The lowest BCUT2D eigenvalue weighted by Gasteiger charge is -2.21. The first-order chi connectivity index (χ1) is 12.1. The zero-order valence-corrected chi connectivity index (χ0v) is 14.8. The van der Waals surface area contributed by atoms with Crippen molar-refractivity contribution < 1.29 is 0 Å². The molecule has 1 aliphatic rings. The lowest BCUT2D eigenvalue weighted by molar-refractivity contribution is 0.899. The number of hydrogen-bond acceptors (Lipinski definition) is 2. The number of allylic oxidation sites excluding steroid dienone is 1. The van der Waals surface area contributed by atoms with E-state index in [1.54, 1.807) is 16.8 Å². The maximum atomic E-state index is 9.60. The lowest BCUT2D eigenvalue weighted by Crippen LogP contribution is -2.12. The van der Waals surface area contributed by atoms with Crippen LogP contribution in [0.1, 0.15) is 29.5 Å². The fourth-order valence-electron chi connectivity index (χ4n) is 3.49. The molecule has 0 aliphatic heterocycles. The van der Waals surface area contributed by atoms with E-state index < -0.39 is 0 Å². The van der Waals surface area contributed by atoms with E-state index in [1.165, 1.54) is 0 Å². The van der Waals surface area contributed by atoms with Crippen molar-refractivity contribution in [1.82, 2.24) is 9.61 Å². The van der Waals surface area contributed by atoms with E-state index in [9.17, 15) is 5.26 Å². The van der Waals surface area contributed by atoms with Crippen molar-refractivity contribution >= 4 is 34.3 Å². The van der Waals surface area contributed by atoms with Gasteiger partial charge < -0.3 is 0 Å². The number of nitrogens with zero attached hydrogens (tertiary/aromatic N) is 3. The molecule has 5 heteroatoms. The molecule has 1 aromatic carbocycles. The van der Waals surface area contributed by atoms with Crippen molar-refractivity contribution in [3.05, 3.63) is 81.8 Å². The third-order valence-electron chi connectivity index (χ3n) is 4.79. The van der Waals surface area contributed by atoms with Crippen LogP contribution in [-0.4, -0.2) is 9.61 Å². The first-order valence-corrected chi connectivity index (χ1v) is 8.59. The van der Waals surface area contributed by atoms with Crippen molar-refractivity contribution in [2.24, 2.45) is 0 Å². The van der Waals surface area contributed by atoms with Crippen LogP contribution in [0.25, 0.3) is 11.1 Å². The predicted octanol–water partition coefficient (Wildman–Crippen LogP) is 5.41. The number of fused-ring (bicyclic) bond motifs is 1. The highest BCUT2D eigenvalue weighted by Crippen LogP contribution is 2.59. The minimum Gasteiger partial charge on any atom is -0.240 e. The first kappa shape index (κ1) is 16.0. The van der Waals surface area contributed by atoms with Crippen LogP contribution in [0, 0.1) is 11.3 Å². The summed E-state index contributed by atoms with van der Waals surface area (Å²) in [5.74, 6) is 0. The van der Waals surface area contributed by atoms with Crippen molar-refractivity contribution in [2.45, 2.75) is 18.3 Å². The zero-order chi connectivity index (χ0) is 17.6. The SMILES string of the molecule is C=C=C(c1c(C#N)cnn2cccc12)C1(c2ccc(Cl)cc2Cl)CC1. The second-order valence-corrected chi connectivity index (χ2v) is 6.98. The van der Waals surface area contributed by atoms with Crippen molar-refractivity contribution in [1.29, 1.82) is 5.26 Å². The van der Waals surface area contributed by atoms with Gasteiger partial charge in [0, 0.05) is 32.8 Å². The van der Waals surface area contributed by atoms with Crippen LogP contribution < -0.4 is 0 Å². The monoisotopic (exact) mass is 365 g/mol. The predicted molar refractivity (Wildman–Crippen MR) is 99.8 cm³/mol. The molecule has 3 aromatic rings. The smallest absolute Gasteiger partial charge is 0.102 e. The molecule has 1 saturated carbocycles. The molecule has 1 fully saturated rings. The molecule has 3 nitrogen and oxygen atoms in total. The molecule has 0 radical (unpaired) electrons. The Morgan fingerprint density at radius 2 is 2.08 bits per heavy atom. The van der Waals surface area contributed by atoms with Crippen molar-refractivity contribution in [3.63, 3.8) is 0 Å². The number of halogens is 2. The Morgan fingerprint density at radius 3 is 2.72 bits per heavy atom. The Balaban J connectivity index is 1.98. The fourth-order valence-corrected chi connectivity index (χ4v) is 4.08. The minimum absolute atomic E-state index is 0.291. The van der Waals surface area contributed by atoms with E-state index in [4.69, 9.17) is 23.2 Å². The number of hydrogen-bond donors (Lipinski definition) is 0. The van der Waals surface area contributed by atoms with Gasteiger partial charge in [-0.1, -0.05) is 35.8 Å². The average molecular weight is 366 g/mol. The zero-order valence-electron chi connectivity index (χ0n) is 13.3. The Kier molecular flexibility index (Phi) is 3.71. The van der Waals surface area contributed by atoms with Crippen LogP contribution in [0.5, 0.6) is 0 Å². The molecule has 2 aromatic heterocycles. The maximum absolute atomic E-state index is 9.60. The summed E-state index contributed by atoms with van der Waals surface area (Å²) < 4.78 is 1.76. The molecule has 0 saturated heterocycles. The highest BCUT2D eigenvalue weighted by atomic mass is 35.5. The van der Waals surface area contributed by atoms with Gasteiger partial charge in [-0.05, 0) is 42.7 Å². The lowest BCUT2D eigenvalue weighted by atomic mass is 9.82. The van der Waals surface area contributed by atoms with E-state index >= 15 is 0 Å². The Hall–Kier alpha value is -2.50. The summed E-state index contributed by atoms with van der Waals surface area (Å²) in [5.41, 5.74) is 6.89. The van der Waals surface area contributed by atoms with Crippen LogP contribution in [0.2, 0.25) is 10.0 Å². The standard InChI is InChI=1S/C20H13Cl2N3/c1-2-15(19-13(11-23)12-24-25-9-3-4-18(19)25)20(7-8-20)16-6-5-14(21)10-17(16)22/h3-6,9-10,12H,1,7-8H2. The summed E-state index contributed by atoms with van der Waals surface area (Å²) in [6.45, 7) is 3.91. The van der Waals surface area contributed by atoms with Gasteiger partial charge in [-0.2, -0.15) is 10.4 Å². The third kappa shape index (κ3) is 2.39. The molecule has 1 aliphatic carbocycles. The molecule has 4 rings (SSSR count). The van der Waals surface area contributed by atoms with Gasteiger partial charge >= 0.3 is 0 Å². The maximum Gasteiger partial charge on any atom is 0.102 e. The van der Waals surface area contributed by atoms with Crippen LogP contribution in [0.4, 0.5) is 0 Å². The number of nitriles is 1. The minimum atomic E-state index is -0.291. The largest absolute Gasteiger partial charge is 0.240 e. The molecule has 0 spiro atoms. The molecule has 0 atom stereocenters. The summed E-state index contributed by atoms with van der Waals surface area (Å²) in [6, 6.07) is 11.6. The quantitative estimate of drug-likeness (QED) is 0.582. The Labute approximate surface area is 155 Å². The van der Waals surface area contributed by atoms with E-state index in [1.807, 2.05) is 30.5 Å². The molecule has 0 bridgehead atoms. The number of benzene rings is 1. The fraction of sp³-hybridized carbons (Fsp3) is 0.150. The summed E-state index contributed by atoms with van der Waals surface area (Å²) in [6.07, 6.45) is 5.29. The molecular formula is C20H13Cl2N3. The molecule has 122 valence electrons. The van der Waals surface area contributed by atoms with Gasteiger partial charge in [-0.25, -0.2) is 4.52 Å². The highest BCUT2D eigenvalue weighted by molar-refractivity contribution is 6.35. The second kappa shape index (κ2) is 5.79. The van der Waals surface area contributed by atoms with E-state index in [0.29, 0.717) is 15.6 Å². The molecule has 0 amide bonds. The van der Waals surface area contributed by atoms with Gasteiger partial charge in [0.1, 0.15) is 6.07 Å². The Bertz CT molecular complexity index is 1090. The van der Waals surface area contributed by atoms with Gasteiger partial charge in [0.15, 0.2) is 0 Å². The molecular weight excluding hydrogens is 353 g/mol. The third-order valence-corrected chi connectivity index (χ3v) is 5.34. The topological polar surface area (TPSA) is 41.1 Å². The summed E-state index contributed by atoms with van der Waals surface area (Å²) in [4.78, 5) is 0. The van der Waals surface area contributed by atoms with Gasteiger partial charge in [0.2, 0.25) is 0 Å². The van der Waals surface area contributed by atoms with Crippen LogP contribution in [0.3, 0.4) is 0 Å². The highest BCUT2D eigenvalue weighted by Gasteiger charge is 2.50. The number of rotatable bonds is 3. The van der Waals surface area contributed by atoms with Crippen LogP contribution >= 0.6 is 23.2 Å². The van der Waals surface area contributed by atoms with E-state index in [-0.39, 0.29) is 5.41 Å². The van der Waals surface area contributed by atoms with E-state index in [2.05, 4.69) is 23.5 Å².